The van der Waals surface area contributed by atoms with Gasteiger partial charge in [-0.15, -0.1) is 10.2 Å². The second-order valence-electron chi connectivity index (χ2n) is 6.82. The first kappa shape index (κ1) is 16.1. The number of aromatic nitrogens is 5. The van der Waals surface area contributed by atoms with Gasteiger partial charge in [-0.05, 0) is 39.2 Å². The van der Waals surface area contributed by atoms with Gasteiger partial charge in [0.2, 0.25) is 11.8 Å². The van der Waals surface area contributed by atoms with Crippen LogP contribution in [0.15, 0.2) is 4.42 Å². The fourth-order valence-electron chi connectivity index (χ4n) is 3.18. The topological polar surface area (TPSA) is 72.9 Å². The Hall–Kier alpha value is -1.76. The molecule has 1 aliphatic heterocycles. The highest BCUT2D eigenvalue weighted by Crippen LogP contribution is 2.21. The molecule has 1 aliphatic rings. The normalized spacial score (nSPS) is 19.6. The first-order chi connectivity index (χ1) is 11.0. The predicted octanol–water partition coefficient (Wildman–Crippen LogP) is 2.31. The van der Waals surface area contributed by atoms with Crippen molar-refractivity contribution >= 4 is 0 Å². The summed E-state index contributed by atoms with van der Waals surface area (Å²) in [5, 5.41) is 12.8. The zero-order valence-electron chi connectivity index (χ0n) is 14.5. The summed E-state index contributed by atoms with van der Waals surface area (Å²) in [4.78, 5) is 6.80. The molecular weight excluding hydrogens is 292 g/mol. The van der Waals surface area contributed by atoms with Gasteiger partial charge in [0.1, 0.15) is 11.6 Å². The second-order valence-corrected chi connectivity index (χ2v) is 6.82. The third-order valence-electron chi connectivity index (χ3n) is 4.33. The van der Waals surface area contributed by atoms with Gasteiger partial charge >= 0.3 is 0 Å². The van der Waals surface area contributed by atoms with Crippen molar-refractivity contribution in [2.24, 2.45) is 5.92 Å². The molecule has 3 heterocycles. The summed E-state index contributed by atoms with van der Waals surface area (Å²) in [6, 6.07) is 0. The van der Waals surface area contributed by atoms with E-state index in [0.29, 0.717) is 5.92 Å². The highest BCUT2D eigenvalue weighted by molar-refractivity contribution is 4.90. The zero-order valence-corrected chi connectivity index (χ0v) is 14.5. The van der Waals surface area contributed by atoms with Crippen LogP contribution >= 0.6 is 0 Å². The van der Waals surface area contributed by atoms with E-state index in [1.807, 2.05) is 18.5 Å². The van der Waals surface area contributed by atoms with E-state index in [1.54, 1.807) is 0 Å². The van der Waals surface area contributed by atoms with Crippen LogP contribution in [0, 0.1) is 19.8 Å². The first-order valence-electron chi connectivity index (χ1n) is 8.44. The van der Waals surface area contributed by atoms with Crippen LogP contribution in [0.4, 0.5) is 0 Å². The fraction of sp³-hybridized carbons (Fsp3) is 0.750. The van der Waals surface area contributed by atoms with Crippen molar-refractivity contribution in [3.63, 3.8) is 0 Å². The van der Waals surface area contributed by atoms with Crippen molar-refractivity contribution in [3.05, 3.63) is 23.4 Å². The minimum atomic E-state index is 0.281. The lowest BCUT2D eigenvalue weighted by atomic mass is 9.98. The lowest BCUT2D eigenvalue weighted by molar-refractivity contribution is 0.140. The Balaban J connectivity index is 1.58. The number of nitrogens with zero attached hydrogens (tertiary/aromatic N) is 6. The van der Waals surface area contributed by atoms with Crippen LogP contribution in [-0.2, 0) is 13.1 Å². The molecule has 126 valence electrons. The third kappa shape index (κ3) is 3.96. The van der Waals surface area contributed by atoms with E-state index in [4.69, 9.17) is 4.42 Å². The van der Waals surface area contributed by atoms with Gasteiger partial charge in [-0.25, -0.2) is 9.67 Å². The van der Waals surface area contributed by atoms with E-state index in [0.717, 1.165) is 49.6 Å². The number of likely N-dealkylation sites (tertiary alicyclic amines) is 1. The Morgan fingerprint density at radius 1 is 1.26 bits per heavy atom. The molecule has 23 heavy (non-hydrogen) atoms. The Bertz CT molecular complexity index is 647. The van der Waals surface area contributed by atoms with Crippen molar-refractivity contribution < 1.29 is 4.42 Å². The molecule has 0 spiro atoms. The molecule has 1 saturated heterocycles. The summed E-state index contributed by atoms with van der Waals surface area (Å²) < 4.78 is 7.77. The van der Waals surface area contributed by atoms with Crippen LogP contribution in [0.2, 0.25) is 0 Å². The molecule has 2 aromatic rings. The molecule has 0 unspecified atom stereocenters. The van der Waals surface area contributed by atoms with Gasteiger partial charge in [0.25, 0.3) is 0 Å². The van der Waals surface area contributed by atoms with E-state index in [9.17, 15) is 0 Å². The molecule has 7 heteroatoms. The highest BCUT2D eigenvalue weighted by Gasteiger charge is 2.23. The van der Waals surface area contributed by atoms with Gasteiger partial charge in [0.05, 0.1) is 6.54 Å². The Morgan fingerprint density at radius 3 is 2.74 bits per heavy atom. The standard InChI is InChI=1S/C16H26N6O/c1-11(2)16-19-18-15(23-16)10-21-7-5-6-14(8-21)9-22-13(4)17-12(3)20-22/h11,14H,5-10H2,1-4H3/t14-/m1/s1. The lowest BCUT2D eigenvalue weighted by Crippen LogP contribution is -2.37. The molecule has 0 saturated carbocycles. The number of rotatable bonds is 5. The van der Waals surface area contributed by atoms with Crippen LogP contribution in [0.1, 0.15) is 56.0 Å². The SMILES string of the molecule is Cc1nc(C)n(C[C@@H]2CCCN(Cc3nnc(C(C)C)o3)C2)n1. The van der Waals surface area contributed by atoms with Gasteiger partial charge in [-0.1, -0.05) is 13.8 Å². The van der Waals surface area contributed by atoms with Gasteiger partial charge in [0.15, 0.2) is 0 Å². The van der Waals surface area contributed by atoms with Crippen LogP contribution < -0.4 is 0 Å². The molecule has 0 amide bonds. The van der Waals surface area contributed by atoms with Crippen molar-refractivity contribution in [2.45, 2.75) is 59.5 Å². The van der Waals surface area contributed by atoms with Gasteiger partial charge in [-0.2, -0.15) is 5.10 Å². The van der Waals surface area contributed by atoms with Crippen LogP contribution in [0.25, 0.3) is 0 Å². The minimum Gasteiger partial charge on any atom is -0.424 e. The molecule has 0 aromatic carbocycles. The van der Waals surface area contributed by atoms with Gasteiger partial charge in [-0.3, -0.25) is 4.90 Å². The van der Waals surface area contributed by atoms with Crippen molar-refractivity contribution in [2.75, 3.05) is 13.1 Å². The first-order valence-corrected chi connectivity index (χ1v) is 8.44. The van der Waals surface area contributed by atoms with E-state index in [2.05, 4.69) is 39.0 Å². The summed E-state index contributed by atoms with van der Waals surface area (Å²) in [5.74, 6) is 4.17. The molecule has 1 fully saturated rings. The van der Waals surface area contributed by atoms with Crippen molar-refractivity contribution in [1.82, 2.24) is 29.9 Å². The number of hydrogen-bond donors (Lipinski definition) is 0. The maximum atomic E-state index is 5.73. The summed E-state index contributed by atoms with van der Waals surface area (Å²) in [6.07, 6.45) is 2.43. The Morgan fingerprint density at radius 2 is 2.09 bits per heavy atom. The summed E-state index contributed by atoms with van der Waals surface area (Å²) in [6.45, 7) is 11.9. The Labute approximate surface area is 137 Å². The maximum absolute atomic E-state index is 5.73. The molecule has 1 atom stereocenters. The molecule has 0 aliphatic carbocycles. The van der Waals surface area contributed by atoms with Crippen LogP contribution in [0.3, 0.4) is 0 Å². The van der Waals surface area contributed by atoms with E-state index >= 15 is 0 Å². The summed E-state index contributed by atoms with van der Waals surface area (Å²) >= 11 is 0. The van der Waals surface area contributed by atoms with Crippen molar-refractivity contribution in [3.8, 4) is 0 Å². The zero-order chi connectivity index (χ0) is 16.4. The fourth-order valence-corrected chi connectivity index (χ4v) is 3.18. The average molecular weight is 318 g/mol. The molecule has 2 aromatic heterocycles. The number of aryl methyl sites for hydroxylation is 2. The molecule has 0 N–H and O–H groups in total. The molecule has 3 rings (SSSR count). The molecule has 7 nitrogen and oxygen atoms in total. The van der Waals surface area contributed by atoms with E-state index in [-0.39, 0.29) is 5.92 Å². The minimum absolute atomic E-state index is 0.281. The van der Waals surface area contributed by atoms with Crippen LogP contribution in [-0.4, -0.2) is 43.0 Å². The number of piperidine rings is 1. The third-order valence-corrected chi connectivity index (χ3v) is 4.33. The average Bonchev–Trinajstić information content (AvgIpc) is 3.07. The van der Waals surface area contributed by atoms with Crippen LogP contribution in [0.5, 0.6) is 0 Å². The van der Waals surface area contributed by atoms with E-state index in [1.165, 1.54) is 12.8 Å². The smallest absolute Gasteiger partial charge is 0.230 e. The monoisotopic (exact) mass is 318 g/mol. The molecular formula is C16H26N6O. The maximum Gasteiger partial charge on any atom is 0.230 e. The van der Waals surface area contributed by atoms with E-state index < -0.39 is 0 Å². The Kier molecular flexibility index (Phi) is 4.75. The molecule has 0 bridgehead atoms. The predicted molar refractivity (Wildman–Crippen MR) is 85.9 cm³/mol. The van der Waals surface area contributed by atoms with Gasteiger partial charge in [0, 0.05) is 19.0 Å². The molecule has 0 radical (unpaired) electrons. The lowest BCUT2D eigenvalue weighted by Gasteiger charge is -2.31. The largest absolute Gasteiger partial charge is 0.424 e. The number of hydrogen-bond acceptors (Lipinski definition) is 6. The second kappa shape index (κ2) is 6.78. The summed E-state index contributed by atoms with van der Waals surface area (Å²) in [5.41, 5.74) is 0. The van der Waals surface area contributed by atoms with Gasteiger partial charge < -0.3 is 4.42 Å². The van der Waals surface area contributed by atoms with Crippen molar-refractivity contribution in [1.29, 1.82) is 0 Å². The highest BCUT2D eigenvalue weighted by atomic mass is 16.4. The summed E-state index contributed by atoms with van der Waals surface area (Å²) in [7, 11) is 0. The quantitative estimate of drug-likeness (QED) is 0.842.